The number of fused-ring (bicyclic) bond motifs is 1. The van der Waals surface area contributed by atoms with E-state index in [2.05, 4.69) is 27.4 Å². The van der Waals surface area contributed by atoms with Crippen molar-refractivity contribution in [3.05, 3.63) is 30.1 Å². The smallest absolute Gasteiger partial charge is 0.111 e. The first-order chi connectivity index (χ1) is 6.93. The summed E-state index contributed by atoms with van der Waals surface area (Å²) in [6, 6.07) is 8.20. The SMILES string of the molecule is c1ccc2[nH]c(C3CCNC3)nc2c1. The molecule has 0 saturated carbocycles. The number of H-pyrrole nitrogens is 1. The van der Waals surface area contributed by atoms with Crippen LogP contribution in [0.25, 0.3) is 11.0 Å². The first-order valence-electron chi connectivity index (χ1n) is 5.09. The van der Waals surface area contributed by atoms with E-state index in [0.717, 1.165) is 29.9 Å². The second-order valence-corrected chi connectivity index (χ2v) is 3.83. The van der Waals surface area contributed by atoms with Crippen molar-refractivity contribution in [2.75, 3.05) is 13.1 Å². The average molecular weight is 187 g/mol. The van der Waals surface area contributed by atoms with Crippen LogP contribution in [0.15, 0.2) is 24.3 Å². The standard InChI is InChI=1S/C11H13N3/c1-2-4-10-9(3-1)13-11(14-10)8-5-6-12-7-8/h1-4,8,12H,5-7H2,(H,13,14). The number of aromatic nitrogens is 2. The summed E-state index contributed by atoms with van der Waals surface area (Å²) in [6.45, 7) is 2.17. The van der Waals surface area contributed by atoms with Gasteiger partial charge in [0.05, 0.1) is 11.0 Å². The molecule has 0 bridgehead atoms. The Morgan fingerprint density at radius 3 is 3.00 bits per heavy atom. The normalized spacial score (nSPS) is 21.9. The third-order valence-electron chi connectivity index (χ3n) is 2.85. The van der Waals surface area contributed by atoms with Gasteiger partial charge >= 0.3 is 0 Å². The monoisotopic (exact) mass is 187 g/mol. The predicted octanol–water partition coefficient (Wildman–Crippen LogP) is 1.64. The lowest BCUT2D eigenvalue weighted by Gasteiger charge is -2.01. The molecule has 0 aliphatic carbocycles. The van der Waals surface area contributed by atoms with E-state index in [1.54, 1.807) is 0 Å². The number of aromatic amines is 1. The maximum atomic E-state index is 4.60. The van der Waals surface area contributed by atoms with Gasteiger partial charge in [-0.2, -0.15) is 0 Å². The van der Waals surface area contributed by atoms with Gasteiger partial charge in [-0.15, -0.1) is 0 Å². The van der Waals surface area contributed by atoms with E-state index in [0.29, 0.717) is 5.92 Å². The van der Waals surface area contributed by atoms with Crippen LogP contribution in [-0.2, 0) is 0 Å². The van der Waals surface area contributed by atoms with Gasteiger partial charge < -0.3 is 10.3 Å². The summed E-state index contributed by atoms with van der Waals surface area (Å²) in [5.74, 6) is 1.71. The Kier molecular flexibility index (Phi) is 1.77. The number of nitrogens with one attached hydrogen (secondary N) is 2. The molecule has 1 aliphatic heterocycles. The van der Waals surface area contributed by atoms with Crippen LogP contribution < -0.4 is 5.32 Å². The fourth-order valence-corrected chi connectivity index (χ4v) is 2.05. The van der Waals surface area contributed by atoms with Crippen LogP contribution in [0.5, 0.6) is 0 Å². The van der Waals surface area contributed by atoms with Crippen LogP contribution in [0.1, 0.15) is 18.2 Å². The lowest BCUT2D eigenvalue weighted by Crippen LogP contribution is -2.08. The zero-order valence-corrected chi connectivity index (χ0v) is 7.96. The molecule has 0 amide bonds. The minimum Gasteiger partial charge on any atom is -0.342 e. The van der Waals surface area contributed by atoms with Crippen molar-refractivity contribution in [1.29, 1.82) is 0 Å². The Bertz CT molecular complexity index is 407. The quantitative estimate of drug-likeness (QED) is 0.712. The van der Waals surface area contributed by atoms with E-state index in [-0.39, 0.29) is 0 Å². The summed E-state index contributed by atoms with van der Waals surface area (Å²) in [6.07, 6.45) is 1.19. The van der Waals surface area contributed by atoms with Gasteiger partial charge in [-0.3, -0.25) is 0 Å². The number of hydrogen-bond acceptors (Lipinski definition) is 2. The first-order valence-corrected chi connectivity index (χ1v) is 5.09. The molecule has 1 aliphatic rings. The Morgan fingerprint density at radius 1 is 1.29 bits per heavy atom. The highest BCUT2D eigenvalue weighted by atomic mass is 15.0. The van der Waals surface area contributed by atoms with Crippen molar-refractivity contribution in [3.63, 3.8) is 0 Å². The Labute approximate surface area is 82.5 Å². The molecule has 1 unspecified atom stereocenters. The molecule has 1 atom stereocenters. The molecule has 1 aromatic carbocycles. The van der Waals surface area contributed by atoms with Gasteiger partial charge in [-0.1, -0.05) is 12.1 Å². The van der Waals surface area contributed by atoms with E-state index in [1.165, 1.54) is 6.42 Å². The molecule has 1 saturated heterocycles. The van der Waals surface area contributed by atoms with E-state index < -0.39 is 0 Å². The lowest BCUT2D eigenvalue weighted by molar-refractivity contribution is 0.717. The molecular weight excluding hydrogens is 174 g/mol. The minimum absolute atomic E-state index is 0.572. The van der Waals surface area contributed by atoms with Gasteiger partial charge in [0.25, 0.3) is 0 Å². The number of rotatable bonds is 1. The third kappa shape index (κ3) is 1.21. The Morgan fingerprint density at radius 2 is 2.21 bits per heavy atom. The molecular formula is C11H13N3. The summed E-state index contributed by atoms with van der Waals surface area (Å²) < 4.78 is 0. The summed E-state index contributed by atoms with van der Waals surface area (Å²) in [5, 5.41) is 3.36. The lowest BCUT2D eigenvalue weighted by atomic mass is 10.1. The fraction of sp³-hybridized carbons (Fsp3) is 0.364. The molecule has 0 radical (unpaired) electrons. The molecule has 3 heteroatoms. The van der Waals surface area contributed by atoms with E-state index in [1.807, 2.05) is 12.1 Å². The van der Waals surface area contributed by atoms with Crippen molar-refractivity contribution in [1.82, 2.24) is 15.3 Å². The van der Waals surface area contributed by atoms with Crippen LogP contribution in [0.2, 0.25) is 0 Å². The number of nitrogens with zero attached hydrogens (tertiary/aromatic N) is 1. The zero-order chi connectivity index (χ0) is 9.38. The number of hydrogen-bond donors (Lipinski definition) is 2. The molecule has 2 N–H and O–H groups in total. The van der Waals surface area contributed by atoms with Gasteiger partial charge in [0.15, 0.2) is 0 Å². The molecule has 72 valence electrons. The zero-order valence-electron chi connectivity index (χ0n) is 7.96. The van der Waals surface area contributed by atoms with Crippen LogP contribution >= 0.6 is 0 Å². The predicted molar refractivity (Wildman–Crippen MR) is 56.3 cm³/mol. The molecule has 3 nitrogen and oxygen atoms in total. The van der Waals surface area contributed by atoms with E-state index in [9.17, 15) is 0 Å². The molecule has 2 heterocycles. The number of imidazole rings is 1. The van der Waals surface area contributed by atoms with Gasteiger partial charge in [0.2, 0.25) is 0 Å². The molecule has 2 aromatic rings. The Hall–Kier alpha value is -1.35. The highest BCUT2D eigenvalue weighted by molar-refractivity contribution is 5.74. The van der Waals surface area contributed by atoms with Crippen molar-refractivity contribution in [2.24, 2.45) is 0 Å². The summed E-state index contributed by atoms with van der Waals surface area (Å²) >= 11 is 0. The molecule has 0 spiro atoms. The van der Waals surface area contributed by atoms with Crippen molar-refractivity contribution in [3.8, 4) is 0 Å². The molecule has 1 fully saturated rings. The van der Waals surface area contributed by atoms with Crippen LogP contribution in [0, 0.1) is 0 Å². The summed E-state index contributed by atoms with van der Waals surface area (Å²) in [4.78, 5) is 7.99. The molecule has 3 rings (SSSR count). The third-order valence-corrected chi connectivity index (χ3v) is 2.85. The van der Waals surface area contributed by atoms with Crippen molar-refractivity contribution >= 4 is 11.0 Å². The van der Waals surface area contributed by atoms with E-state index >= 15 is 0 Å². The van der Waals surface area contributed by atoms with Gasteiger partial charge in [-0.25, -0.2) is 4.98 Å². The second kappa shape index (κ2) is 3.10. The molecule has 14 heavy (non-hydrogen) atoms. The highest BCUT2D eigenvalue weighted by Crippen LogP contribution is 2.22. The van der Waals surface area contributed by atoms with Crippen molar-refractivity contribution < 1.29 is 0 Å². The maximum absolute atomic E-state index is 4.60. The summed E-state index contributed by atoms with van der Waals surface area (Å²) in [5.41, 5.74) is 2.23. The topological polar surface area (TPSA) is 40.7 Å². The second-order valence-electron chi connectivity index (χ2n) is 3.83. The Balaban J connectivity index is 2.05. The summed E-state index contributed by atoms with van der Waals surface area (Å²) in [7, 11) is 0. The number of para-hydroxylation sites is 2. The average Bonchev–Trinajstić information content (AvgIpc) is 2.86. The van der Waals surface area contributed by atoms with Gasteiger partial charge in [-0.05, 0) is 25.1 Å². The highest BCUT2D eigenvalue weighted by Gasteiger charge is 2.19. The van der Waals surface area contributed by atoms with Crippen LogP contribution in [0.4, 0.5) is 0 Å². The van der Waals surface area contributed by atoms with Crippen molar-refractivity contribution in [2.45, 2.75) is 12.3 Å². The minimum atomic E-state index is 0.572. The first kappa shape index (κ1) is 8.00. The van der Waals surface area contributed by atoms with E-state index in [4.69, 9.17) is 0 Å². The maximum Gasteiger partial charge on any atom is 0.111 e. The van der Waals surface area contributed by atoms with Gasteiger partial charge in [0.1, 0.15) is 5.82 Å². The van der Waals surface area contributed by atoms with Crippen LogP contribution in [-0.4, -0.2) is 23.1 Å². The molecule has 1 aromatic heterocycles. The largest absolute Gasteiger partial charge is 0.342 e. The van der Waals surface area contributed by atoms with Gasteiger partial charge in [0, 0.05) is 12.5 Å². The van der Waals surface area contributed by atoms with Crippen LogP contribution in [0.3, 0.4) is 0 Å². The number of benzene rings is 1. The fourth-order valence-electron chi connectivity index (χ4n) is 2.05.